The highest BCUT2D eigenvalue weighted by atomic mass is 35.5. The van der Waals surface area contributed by atoms with Gasteiger partial charge in [0.25, 0.3) is 0 Å². The number of hydrogen-bond acceptors (Lipinski definition) is 2. The van der Waals surface area contributed by atoms with Crippen molar-refractivity contribution in [3.63, 3.8) is 0 Å². The molecule has 1 aliphatic heterocycles. The quantitative estimate of drug-likeness (QED) is 0.650. The fraction of sp³-hybridized carbons (Fsp3) is 0.333. The fourth-order valence-electron chi connectivity index (χ4n) is 1.45. The summed E-state index contributed by atoms with van der Waals surface area (Å²) >= 11 is 0. The molecule has 1 aromatic rings. The Bertz CT molecular complexity index is 275. The Labute approximate surface area is 78.0 Å². The summed E-state index contributed by atoms with van der Waals surface area (Å²) in [6, 6.07) is 5.51. The minimum Gasteiger partial charge on any atom is -0.508 e. The van der Waals surface area contributed by atoms with Crippen molar-refractivity contribution in [3.8, 4) is 5.75 Å². The smallest absolute Gasteiger partial charge is 0.117 e. The van der Waals surface area contributed by atoms with Gasteiger partial charge in [-0.3, -0.25) is 0 Å². The Morgan fingerprint density at radius 3 is 3.00 bits per heavy atom. The molecule has 0 atom stereocenters. The van der Waals surface area contributed by atoms with E-state index in [0.29, 0.717) is 5.75 Å². The van der Waals surface area contributed by atoms with E-state index in [1.165, 1.54) is 12.0 Å². The molecule has 1 heterocycles. The maximum absolute atomic E-state index is 9.15. The van der Waals surface area contributed by atoms with E-state index in [9.17, 15) is 0 Å². The van der Waals surface area contributed by atoms with Gasteiger partial charge in [0, 0.05) is 18.3 Å². The number of aryl methyl sites for hydroxylation is 1. The van der Waals surface area contributed by atoms with Gasteiger partial charge < -0.3 is 10.4 Å². The van der Waals surface area contributed by atoms with E-state index in [4.69, 9.17) is 5.11 Å². The third-order valence-electron chi connectivity index (χ3n) is 2.03. The Morgan fingerprint density at radius 1 is 1.33 bits per heavy atom. The highest BCUT2D eigenvalue weighted by molar-refractivity contribution is 5.85. The maximum atomic E-state index is 9.15. The minimum absolute atomic E-state index is 0. The van der Waals surface area contributed by atoms with Crippen molar-refractivity contribution in [1.82, 2.24) is 0 Å². The second-order valence-electron chi connectivity index (χ2n) is 2.87. The van der Waals surface area contributed by atoms with E-state index in [-0.39, 0.29) is 12.4 Å². The first kappa shape index (κ1) is 9.20. The molecule has 0 radical (unpaired) electrons. The molecule has 0 saturated heterocycles. The molecule has 0 bridgehead atoms. The molecular formula is C9H12ClNO. The highest BCUT2D eigenvalue weighted by Crippen LogP contribution is 2.25. The van der Waals surface area contributed by atoms with E-state index in [1.54, 1.807) is 12.1 Å². The van der Waals surface area contributed by atoms with Crippen LogP contribution in [0.4, 0.5) is 5.69 Å². The number of phenols is 1. The Kier molecular flexibility index (Phi) is 2.82. The molecule has 0 spiro atoms. The second-order valence-corrected chi connectivity index (χ2v) is 2.87. The first-order valence-corrected chi connectivity index (χ1v) is 3.92. The first-order chi connectivity index (χ1) is 5.36. The van der Waals surface area contributed by atoms with Crippen LogP contribution in [0.2, 0.25) is 0 Å². The zero-order valence-electron chi connectivity index (χ0n) is 6.71. The van der Waals surface area contributed by atoms with Crippen molar-refractivity contribution in [2.75, 3.05) is 11.9 Å². The predicted molar refractivity (Wildman–Crippen MR) is 52.2 cm³/mol. The first-order valence-electron chi connectivity index (χ1n) is 3.92. The number of nitrogens with one attached hydrogen (secondary N) is 1. The van der Waals surface area contributed by atoms with Gasteiger partial charge in [-0.25, -0.2) is 0 Å². The van der Waals surface area contributed by atoms with Crippen molar-refractivity contribution in [2.45, 2.75) is 12.8 Å². The molecule has 0 unspecified atom stereocenters. The highest BCUT2D eigenvalue weighted by Gasteiger charge is 2.07. The van der Waals surface area contributed by atoms with Crippen LogP contribution < -0.4 is 5.32 Å². The minimum atomic E-state index is 0. The van der Waals surface area contributed by atoms with Crippen molar-refractivity contribution in [3.05, 3.63) is 23.8 Å². The number of fused-ring (bicyclic) bond motifs is 1. The molecule has 3 heteroatoms. The van der Waals surface area contributed by atoms with Gasteiger partial charge in [-0.1, -0.05) is 6.07 Å². The second kappa shape index (κ2) is 3.68. The Balaban J connectivity index is 0.000000720. The van der Waals surface area contributed by atoms with E-state index in [2.05, 4.69) is 5.32 Å². The summed E-state index contributed by atoms with van der Waals surface area (Å²) in [6.07, 6.45) is 2.32. The molecule has 0 amide bonds. The molecule has 0 aromatic heterocycles. The largest absolute Gasteiger partial charge is 0.508 e. The van der Waals surface area contributed by atoms with Crippen molar-refractivity contribution < 1.29 is 5.11 Å². The van der Waals surface area contributed by atoms with Gasteiger partial charge in [0.1, 0.15) is 5.75 Å². The summed E-state index contributed by atoms with van der Waals surface area (Å²) in [5, 5.41) is 12.4. The monoisotopic (exact) mass is 185 g/mol. The third-order valence-corrected chi connectivity index (χ3v) is 2.03. The lowest BCUT2D eigenvalue weighted by molar-refractivity contribution is 0.475. The van der Waals surface area contributed by atoms with Crippen LogP contribution >= 0.6 is 12.4 Å². The Hall–Kier alpha value is -0.890. The fourth-order valence-corrected chi connectivity index (χ4v) is 1.45. The van der Waals surface area contributed by atoms with Crippen LogP contribution in [0.25, 0.3) is 0 Å². The zero-order chi connectivity index (χ0) is 7.68. The van der Waals surface area contributed by atoms with Crippen LogP contribution in [0, 0.1) is 0 Å². The zero-order valence-corrected chi connectivity index (χ0v) is 7.53. The van der Waals surface area contributed by atoms with E-state index < -0.39 is 0 Å². The number of hydrogen-bond donors (Lipinski definition) is 2. The number of rotatable bonds is 0. The van der Waals surface area contributed by atoms with Gasteiger partial charge in [0.05, 0.1) is 0 Å². The number of anilines is 1. The standard InChI is InChI=1S/C9H11NO.ClH/c11-8-4-3-7-2-1-5-10-9(7)6-8;/h3-4,6,10-11H,1-2,5H2;1H. The summed E-state index contributed by atoms with van der Waals surface area (Å²) in [4.78, 5) is 0. The summed E-state index contributed by atoms with van der Waals surface area (Å²) in [5.41, 5.74) is 2.41. The van der Waals surface area contributed by atoms with Gasteiger partial charge >= 0.3 is 0 Å². The SMILES string of the molecule is Cl.Oc1ccc2c(c1)NCCC2. The van der Waals surface area contributed by atoms with Crippen LogP contribution in [0.3, 0.4) is 0 Å². The van der Waals surface area contributed by atoms with Crippen molar-refractivity contribution in [1.29, 1.82) is 0 Å². The lowest BCUT2D eigenvalue weighted by Gasteiger charge is -2.17. The molecular weight excluding hydrogens is 174 g/mol. The van der Waals surface area contributed by atoms with Gasteiger partial charge in [-0.2, -0.15) is 0 Å². The summed E-state index contributed by atoms with van der Waals surface area (Å²) < 4.78 is 0. The van der Waals surface area contributed by atoms with Gasteiger partial charge in [-0.05, 0) is 24.5 Å². The van der Waals surface area contributed by atoms with Crippen molar-refractivity contribution in [2.24, 2.45) is 0 Å². The van der Waals surface area contributed by atoms with Crippen LogP contribution in [-0.2, 0) is 6.42 Å². The normalized spacial score (nSPS) is 14.0. The van der Waals surface area contributed by atoms with E-state index in [1.807, 2.05) is 6.07 Å². The van der Waals surface area contributed by atoms with Crippen LogP contribution in [-0.4, -0.2) is 11.7 Å². The lowest BCUT2D eigenvalue weighted by Crippen LogP contribution is -2.10. The van der Waals surface area contributed by atoms with E-state index in [0.717, 1.165) is 18.7 Å². The lowest BCUT2D eigenvalue weighted by atomic mass is 10.0. The maximum Gasteiger partial charge on any atom is 0.117 e. The molecule has 2 N–H and O–H groups in total. The molecule has 66 valence electrons. The third kappa shape index (κ3) is 1.64. The van der Waals surface area contributed by atoms with E-state index >= 15 is 0 Å². The number of benzene rings is 1. The van der Waals surface area contributed by atoms with Gasteiger partial charge in [-0.15, -0.1) is 12.4 Å². The molecule has 1 aliphatic rings. The predicted octanol–water partition coefficient (Wildman–Crippen LogP) is 2.17. The molecule has 0 aliphatic carbocycles. The summed E-state index contributed by atoms with van der Waals surface area (Å²) in [7, 11) is 0. The van der Waals surface area contributed by atoms with Crippen LogP contribution in [0.1, 0.15) is 12.0 Å². The molecule has 1 aromatic carbocycles. The van der Waals surface area contributed by atoms with Crippen molar-refractivity contribution >= 4 is 18.1 Å². The molecule has 0 fully saturated rings. The Morgan fingerprint density at radius 2 is 2.17 bits per heavy atom. The number of aromatic hydroxyl groups is 1. The molecule has 12 heavy (non-hydrogen) atoms. The van der Waals surface area contributed by atoms with Crippen LogP contribution in [0.15, 0.2) is 18.2 Å². The number of phenolic OH excluding ortho intramolecular Hbond substituents is 1. The average molecular weight is 186 g/mol. The van der Waals surface area contributed by atoms with Gasteiger partial charge in [0.2, 0.25) is 0 Å². The summed E-state index contributed by atoms with van der Waals surface area (Å²) in [5.74, 6) is 0.346. The van der Waals surface area contributed by atoms with Crippen LogP contribution in [0.5, 0.6) is 5.75 Å². The molecule has 2 rings (SSSR count). The summed E-state index contributed by atoms with van der Waals surface area (Å²) in [6.45, 7) is 1.02. The molecule has 0 saturated carbocycles. The van der Waals surface area contributed by atoms with Gasteiger partial charge in [0.15, 0.2) is 0 Å². The molecule has 2 nitrogen and oxygen atoms in total. The topological polar surface area (TPSA) is 32.3 Å². The number of halogens is 1. The average Bonchev–Trinajstić information content (AvgIpc) is 2.04.